The van der Waals surface area contributed by atoms with Gasteiger partial charge in [-0.15, -0.1) is 0 Å². The van der Waals surface area contributed by atoms with E-state index in [2.05, 4.69) is 10.1 Å². The smallest absolute Gasteiger partial charge is 0.123 e. The Kier molecular flexibility index (Phi) is 3.75. The predicted molar refractivity (Wildman–Crippen MR) is 79.5 cm³/mol. The molecule has 1 aromatic carbocycles. The second-order valence-corrected chi connectivity index (χ2v) is 4.69. The molecule has 0 fully saturated rings. The van der Waals surface area contributed by atoms with Crippen molar-refractivity contribution < 1.29 is 4.39 Å². The lowest BCUT2D eigenvalue weighted by atomic mass is 10.2. The van der Waals surface area contributed by atoms with Crippen LogP contribution < -0.4 is 5.73 Å². The first-order valence-corrected chi connectivity index (χ1v) is 6.73. The number of hydrogen-bond donors (Lipinski definition) is 1. The quantitative estimate of drug-likeness (QED) is 0.800. The van der Waals surface area contributed by atoms with Crippen LogP contribution in [0.2, 0.25) is 0 Å². The average Bonchev–Trinajstić information content (AvgIpc) is 2.93. The minimum Gasteiger partial charge on any atom is -0.330 e. The molecule has 0 bridgehead atoms. The molecule has 3 rings (SSSR count). The van der Waals surface area contributed by atoms with Gasteiger partial charge in [0.1, 0.15) is 5.82 Å². The Morgan fingerprint density at radius 3 is 2.62 bits per heavy atom. The molecule has 0 saturated heterocycles. The lowest BCUT2D eigenvalue weighted by Gasteiger charge is -2.07. The topological polar surface area (TPSA) is 56.7 Å². The van der Waals surface area contributed by atoms with Gasteiger partial charge in [0, 0.05) is 24.4 Å². The van der Waals surface area contributed by atoms with Crippen molar-refractivity contribution in [3.63, 3.8) is 0 Å². The lowest BCUT2D eigenvalue weighted by molar-refractivity contribution is 0.627. The van der Waals surface area contributed by atoms with E-state index >= 15 is 0 Å². The van der Waals surface area contributed by atoms with Gasteiger partial charge in [-0.25, -0.2) is 9.07 Å². The SMILES string of the molecule is NCCc1cc(-c2cccnc2)n(-c2ccc(F)cc2)n1. The monoisotopic (exact) mass is 282 g/mol. The van der Waals surface area contributed by atoms with Crippen molar-refractivity contribution in [3.05, 3.63) is 66.4 Å². The summed E-state index contributed by atoms with van der Waals surface area (Å²) in [4.78, 5) is 4.14. The summed E-state index contributed by atoms with van der Waals surface area (Å²) < 4.78 is 14.9. The maximum absolute atomic E-state index is 13.1. The van der Waals surface area contributed by atoms with Crippen LogP contribution in [0.1, 0.15) is 5.69 Å². The third kappa shape index (κ3) is 2.83. The van der Waals surface area contributed by atoms with Gasteiger partial charge in [0.25, 0.3) is 0 Å². The molecule has 0 spiro atoms. The molecule has 0 unspecified atom stereocenters. The number of rotatable bonds is 4. The number of benzene rings is 1. The lowest BCUT2D eigenvalue weighted by Crippen LogP contribution is -2.04. The second-order valence-electron chi connectivity index (χ2n) is 4.69. The molecule has 5 heteroatoms. The highest BCUT2D eigenvalue weighted by Crippen LogP contribution is 2.23. The van der Waals surface area contributed by atoms with E-state index in [0.717, 1.165) is 22.6 Å². The zero-order chi connectivity index (χ0) is 14.7. The maximum Gasteiger partial charge on any atom is 0.123 e. The van der Waals surface area contributed by atoms with Crippen LogP contribution in [0.15, 0.2) is 54.9 Å². The number of aromatic nitrogens is 3. The first-order chi connectivity index (χ1) is 10.3. The van der Waals surface area contributed by atoms with Crippen LogP contribution in [0.4, 0.5) is 4.39 Å². The highest BCUT2D eigenvalue weighted by molar-refractivity contribution is 5.61. The molecule has 0 aliphatic carbocycles. The van der Waals surface area contributed by atoms with Gasteiger partial charge in [-0.05, 0) is 49.0 Å². The van der Waals surface area contributed by atoms with E-state index in [4.69, 9.17) is 5.73 Å². The van der Waals surface area contributed by atoms with Crippen LogP contribution in [-0.4, -0.2) is 21.3 Å². The van der Waals surface area contributed by atoms with Gasteiger partial charge in [-0.3, -0.25) is 4.98 Å². The minimum absolute atomic E-state index is 0.268. The molecule has 106 valence electrons. The van der Waals surface area contributed by atoms with E-state index in [1.165, 1.54) is 12.1 Å². The van der Waals surface area contributed by atoms with Crippen LogP contribution in [0, 0.1) is 5.82 Å². The van der Waals surface area contributed by atoms with Crippen LogP contribution >= 0.6 is 0 Å². The molecule has 0 atom stereocenters. The van der Waals surface area contributed by atoms with Crippen LogP contribution in [0.5, 0.6) is 0 Å². The van der Waals surface area contributed by atoms with Crippen molar-refractivity contribution in [1.29, 1.82) is 0 Å². The van der Waals surface area contributed by atoms with Crippen LogP contribution in [0.25, 0.3) is 16.9 Å². The van der Waals surface area contributed by atoms with Gasteiger partial charge in [0.05, 0.1) is 17.1 Å². The summed E-state index contributed by atoms with van der Waals surface area (Å²) in [7, 11) is 0. The molecular formula is C16H15FN4. The number of pyridine rings is 1. The molecule has 21 heavy (non-hydrogen) atoms. The Morgan fingerprint density at radius 2 is 1.95 bits per heavy atom. The Morgan fingerprint density at radius 1 is 1.14 bits per heavy atom. The van der Waals surface area contributed by atoms with Crippen molar-refractivity contribution in [2.75, 3.05) is 6.54 Å². The number of hydrogen-bond acceptors (Lipinski definition) is 3. The van der Waals surface area contributed by atoms with E-state index in [1.54, 1.807) is 29.2 Å². The number of nitrogens with two attached hydrogens (primary N) is 1. The third-order valence-electron chi connectivity index (χ3n) is 3.19. The van der Waals surface area contributed by atoms with Gasteiger partial charge >= 0.3 is 0 Å². The zero-order valence-corrected chi connectivity index (χ0v) is 11.4. The van der Waals surface area contributed by atoms with Crippen molar-refractivity contribution >= 4 is 0 Å². The Bertz CT molecular complexity index is 720. The van der Waals surface area contributed by atoms with E-state index in [-0.39, 0.29) is 5.82 Å². The van der Waals surface area contributed by atoms with Crippen molar-refractivity contribution in [3.8, 4) is 16.9 Å². The standard InChI is InChI=1S/C16H15FN4/c17-13-3-5-15(6-4-13)21-16(10-14(20-21)7-8-18)12-2-1-9-19-11-12/h1-6,9-11H,7-8,18H2. The molecule has 2 N–H and O–H groups in total. The summed E-state index contributed by atoms with van der Waals surface area (Å²) in [6.07, 6.45) is 4.20. The number of halogens is 1. The first kappa shape index (κ1) is 13.5. The van der Waals surface area contributed by atoms with E-state index in [0.29, 0.717) is 13.0 Å². The van der Waals surface area contributed by atoms with Gasteiger partial charge < -0.3 is 5.73 Å². The van der Waals surface area contributed by atoms with E-state index in [9.17, 15) is 4.39 Å². The zero-order valence-electron chi connectivity index (χ0n) is 11.4. The summed E-state index contributed by atoms with van der Waals surface area (Å²) in [6.45, 7) is 0.535. The summed E-state index contributed by atoms with van der Waals surface area (Å²) in [5.74, 6) is -0.268. The van der Waals surface area contributed by atoms with Gasteiger partial charge in [-0.2, -0.15) is 5.10 Å². The van der Waals surface area contributed by atoms with Crippen molar-refractivity contribution in [2.45, 2.75) is 6.42 Å². The molecule has 3 aromatic rings. The van der Waals surface area contributed by atoms with E-state index in [1.807, 2.05) is 18.2 Å². The third-order valence-corrected chi connectivity index (χ3v) is 3.19. The molecular weight excluding hydrogens is 267 g/mol. The highest BCUT2D eigenvalue weighted by atomic mass is 19.1. The fourth-order valence-electron chi connectivity index (χ4n) is 2.20. The Hall–Kier alpha value is -2.53. The molecule has 0 amide bonds. The van der Waals surface area contributed by atoms with Crippen molar-refractivity contribution in [2.24, 2.45) is 5.73 Å². The average molecular weight is 282 g/mol. The molecule has 2 aromatic heterocycles. The van der Waals surface area contributed by atoms with Gasteiger partial charge in [-0.1, -0.05) is 0 Å². The maximum atomic E-state index is 13.1. The fourth-order valence-corrected chi connectivity index (χ4v) is 2.20. The second kappa shape index (κ2) is 5.85. The van der Waals surface area contributed by atoms with E-state index < -0.39 is 0 Å². The molecule has 0 aliphatic heterocycles. The molecule has 0 aliphatic rings. The van der Waals surface area contributed by atoms with Crippen LogP contribution in [-0.2, 0) is 6.42 Å². The van der Waals surface area contributed by atoms with Crippen molar-refractivity contribution in [1.82, 2.24) is 14.8 Å². The highest BCUT2D eigenvalue weighted by Gasteiger charge is 2.11. The minimum atomic E-state index is -0.268. The van der Waals surface area contributed by atoms with Crippen LogP contribution in [0.3, 0.4) is 0 Å². The first-order valence-electron chi connectivity index (χ1n) is 6.73. The Labute approximate surface area is 122 Å². The molecule has 4 nitrogen and oxygen atoms in total. The van der Waals surface area contributed by atoms with Gasteiger partial charge in [0.2, 0.25) is 0 Å². The Balaban J connectivity index is 2.11. The summed E-state index contributed by atoms with van der Waals surface area (Å²) in [6, 6.07) is 12.1. The fraction of sp³-hybridized carbons (Fsp3) is 0.125. The predicted octanol–water partition coefficient (Wildman–Crippen LogP) is 2.57. The summed E-state index contributed by atoms with van der Waals surface area (Å²) >= 11 is 0. The molecule has 0 saturated carbocycles. The summed E-state index contributed by atoms with van der Waals surface area (Å²) in [5, 5.41) is 4.56. The summed E-state index contributed by atoms with van der Waals surface area (Å²) in [5.41, 5.74) is 9.18. The largest absolute Gasteiger partial charge is 0.330 e. The number of nitrogens with zero attached hydrogens (tertiary/aromatic N) is 3. The normalized spacial score (nSPS) is 10.8. The molecule has 0 radical (unpaired) electrons. The molecule has 2 heterocycles. The van der Waals surface area contributed by atoms with Gasteiger partial charge in [0.15, 0.2) is 0 Å².